The summed E-state index contributed by atoms with van der Waals surface area (Å²) in [6.45, 7) is 3.06. The fourth-order valence-electron chi connectivity index (χ4n) is 1.56. The number of fused-ring (bicyclic) bond motifs is 1. The van der Waals surface area contributed by atoms with Gasteiger partial charge in [0.25, 0.3) is 0 Å². The topological polar surface area (TPSA) is 43.3 Å². The zero-order valence-corrected chi connectivity index (χ0v) is 9.14. The number of hydrogen-bond donors (Lipinski definition) is 1. The van der Waals surface area contributed by atoms with Crippen LogP contribution in [-0.4, -0.2) is 11.6 Å². The SMILES string of the molecule is CCn1c(=NC)sc2cc(N)ccc21. The highest BCUT2D eigenvalue weighted by Crippen LogP contribution is 2.19. The van der Waals surface area contributed by atoms with Crippen LogP contribution in [0, 0.1) is 0 Å². The minimum atomic E-state index is 0.810. The normalized spacial score (nSPS) is 12.6. The second kappa shape index (κ2) is 3.46. The maximum Gasteiger partial charge on any atom is 0.185 e. The molecular weight excluding hydrogens is 194 g/mol. The number of nitrogens with zero attached hydrogens (tertiary/aromatic N) is 2. The first-order chi connectivity index (χ1) is 6.76. The molecule has 0 spiro atoms. The van der Waals surface area contributed by atoms with E-state index in [1.165, 1.54) is 10.2 Å². The molecule has 0 unspecified atom stereocenters. The summed E-state index contributed by atoms with van der Waals surface area (Å²) in [5.41, 5.74) is 7.76. The Morgan fingerprint density at radius 1 is 1.50 bits per heavy atom. The van der Waals surface area contributed by atoms with Crippen molar-refractivity contribution in [1.82, 2.24) is 4.57 Å². The van der Waals surface area contributed by atoms with Gasteiger partial charge in [0.15, 0.2) is 4.80 Å². The molecule has 0 saturated carbocycles. The largest absolute Gasteiger partial charge is 0.399 e. The van der Waals surface area contributed by atoms with Gasteiger partial charge in [0.1, 0.15) is 0 Å². The zero-order valence-electron chi connectivity index (χ0n) is 8.32. The summed E-state index contributed by atoms with van der Waals surface area (Å²) in [5, 5.41) is 0. The molecular formula is C10H13N3S. The number of rotatable bonds is 1. The molecule has 0 radical (unpaired) electrons. The lowest BCUT2D eigenvalue weighted by Crippen LogP contribution is -2.12. The average molecular weight is 207 g/mol. The van der Waals surface area contributed by atoms with Crippen molar-refractivity contribution in [2.75, 3.05) is 12.8 Å². The van der Waals surface area contributed by atoms with Gasteiger partial charge in [-0.25, -0.2) is 0 Å². The molecule has 1 aromatic carbocycles. The van der Waals surface area contributed by atoms with Crippen LogP contribution < -0.4 is 10.5 Å². The summed E-state index contributed by atoms with van der Waals surface area (Å²) in [7, 11) is 1.82. The Kier molecular flexibility index (Phi) is 2.29. The Morgan fingerprint density at radius 2 is 2.29 bits per heavy atom. The summed E-state index contributed by atoms with van der Waals surface area (Å²) < 4.78 is 3.40. The number of hydrogen-bond acceptors (Lipinski definition) is 3. The van der Waals surface area contributed by atoms with Crippen LogP contribution in [0.15, 0.2) is 23.2 Å². The monoisotopic (exact) mass is 207 g/mol. The molecule has 4 heteroatoms. The van der Waals surface area contributed by atoms with Crippen LogP contribution in [0.1, 0.15) is 6.92 Å². The van der Waals surface area contributed by atoms with Gasteiger partial charge in [-0.15, -0.1) is 0 Å². The fraction of sp³-hybridized carbons (Fsp3) is 0.300. The highest BCUT2D eigenvalue weighted by atomic mass is 32.1. The third-order valence-corrected chi connectivity index (χ3v) is 3.35. The van der Waals surface area contributed by atoms with Crippen molar-refractivity contribution in [1.29, 1.82) is 0 Å². The van der Waals surface area contributed by atoms with E-state index >= 15 is 0 Å². The van der Waals surface area contributed by atoms with Crippen LogP contribution in [0.2, 0.25) is 0 Å². The highest BCUT2D eigenvalue weighted by Gasteiger charge is 2.03. The smallest absolute Gasteiger partial charge is 0.185 e. The molecule has 1 aromatic heterocycles. The summed E-state index contributed by atoms with van der Waals surface area (Å²) >= 11 is 1.68. The van der Waals surface area contributed by atoms with E-state index in [9.17, 15) is 0 Å². The summed E-state index contributed by atoms with van der Waals surface area (Å²) in [6, 6.07) is 5.99. The van der Waals surface area contributed by atoms with E-state index in [-0.39, 0.29) is 0 Å². The number of aryl methyl sites for hydroxylation is 1. The van der Waals surface area contributed by atoms with Crippen molar-refractivity contribution in [3.63, 3.8) is 0 Å². The molecule has 0 saturated heterocycles. The zero-order chi connectivity index (χ0) is 10.1. The minimum absolute atomic E-state index is 0.810. The number of thiazole rings is 1. The lowest BCUT2D eigenvalue weighted by Gasteiger charge is -1.99. The van der Waals surface area contributed by atoms with Gasteiger partial charge in [0.2, 0.25) is 0 Å². The molecule has 1 heterocycles. The van der Waals surface area contributed by atoms with E-state index in [1.54, 1.807) is 11.3 Å². The molecule has 74 valence electrons. The number of anilines is 1. The van der Waals surface area contributed by atoms with Gasteiger partial charge >= 0.3 is 0 Å². The Labute approximate surface area is 86.5 Å². The molecule has 2 N–H and O–H groups in total. The van der Waals surface area contributed by atoms with Gasteiger partial charge in [-0.05, 0) is 25.1 Å². The van der Waals surface area contributed by atoms with Gasteiger partial charge in [-0.2, -0.15) is 0 Å². The number of aromatic nitrogens is 1. The third-order valence-electron chi connectivity index (χ3n) is 2.21. The summed E-state index contributed by atoms with van der Waals surface area (Å²) in [4.78, 5) is 5.30. The van der Waals surface area contributed by atoms with Crippen LogP contribution in [0.25, 0.3) is 10.2 Å². The molecule has 0 aliphatic rings. The third kappa shape index (κ3) is 1.32. The Hall–Kier alpha value is -1.29. The molecule has 3 nitrogen and oxygen atoms in total. The second-order valence-electron chi connectivity index (χ2n) is 3.08. The molecule has 0 atom stereocenters. The van der Waals surface area contributed by atoms with Gasteiger partial charge in [0.05, 0.1) is 10.2 Å². The predicted molar refractivity (Wildman–Crippen MR) is 61.4 cm³/mol. The van der Waals surface area contributed by atoms with Crippen molar-refractivity contribution in [2.24, 2.45) is 4.99 Å². The first kappa shape index (κ1) is 9.27. The number of benzene rings is 1. The second-order valence-corrected chi connectivity index (χ2v) is 4.09. The lowest BCUT2D eigenvalue weighted by atomic mass is 10.3. The van der Waals surface area contributed by atoms with Crippen molar-refractivity contribution < 1.29 is 0 Å². The molecule has 14 heavy (non-hydrogen) atoms. The molecule has 0 fully saturated rings. The molecule has 0 aliphatic heterocycles. The Morgan fingerprint density at radius 3 is 2.93 bits per heavy atom. The highest BCUT2D eigenvalue weighted by molar-refractivity contribution is 7.16. The van der Waals surface area contributed by atoms with Gasteiger partial charge in [-0.3, -0.25) is 4.99 Å². The number of nitrogen functional groups attached to an aromatic ring is 1. The Bertz CT molecular complexity index is 522. The minimum Gasteiger partial charge on any atom is -0.399 e. The average Bonchev–Trinajstić information content (AvgIpc) is 2.54. The maximum absolute atomic E-state index is 5.73. The first-order valence-electron chi connectivity index (χ1n) is 4.58. The van der Waals surface area contributed by atoms with Crippen molar-refractivity contribution in [3.8, 4) is 0 Å². The van der Waals surface area contributed by atoms with E-state index < -0.39 is 0 Å². The van der Waals surface area contributed by atoms with Crippen LogP contribution in [0.3, 0.4) is 0 Å². The fourth-order valence-corrected chi connectivity index (χ4v) is 2.67. The van der Waals surface area contributed by atoms with E-state index in [2.05, 4.69) is 22.5 Å². The summed E-state index contributed by atoms with van der Waals surface area (Å²) in [6.07, 6.45) is 0. The molecule has 2 rings (SSSR count). The molecule has 0 amide bonds. The van der Waals surface area contributed by atoms with Crippen molar-refractivity contribution >= 4 is 27.2 Å². The maximum atomic E-state index is 5.73. The van der Waals surface area contributed by atoms with Crippen LogP contribution >= 0.6 is 11.3 Å². The number of nitrogens with two attached hydrogens (primary N) is 1. The molecule has 0 bridgehead atoms. The van der Waals surface area contributed by atoms with Crippen LogP contribution in [0.5, 0.6) is 0 Å². The van der Waals surface area contributed by atoms with Crippen LogP contribution in [0.4, 0.5) is 5.69 Å². The predicted octanol–water partition coefficient (Wildman–Crippen LogP) is 1.84. The van der Waals surface area contributed by atoms with E-state index in [0.29, 0.717) is 0 Å². The van der Waals surface area contributed by atoms with Gasteiger partial charge in [0, 0.05) is 19.3 Å². The standard InChI is InChI=1S/C10H13N3S/c1-3-13-8-5-4-7(11)6-9(8)14-10(13)12-2/h4-6H,3,11H2,1-2H3. The molecule has 2 aromatic rings. The van der Waals surface area contributed by atoms with E-state index in [1.807, 2.05) is 19.2 Å². The first-order valence-corrected chi connectivity index (χ1v) is 5.39. The van der Waals surface area contributed by atoms with Gasteiger partial charge < -0.3 is 10.3 Å². The molecule has 0 aliphatic carbocycles. The Balaban J connectivity index is 2.87. The lowest BCUT2D eigenvalue weighted by molar-refractivity contribution is 0.762. The summed E-state index contributed by atoms with van der Waals surface area (Å²) in [5.74, 6) is 0. The van der Waals surface area contributed by atoms with E-state index in [4.69, 9.17) is 5.73 Å². The van der Waals surface area contributed by atoms with Crippen molar-refractivity contribution in [3.05, 3.63) is 23.0 Å². The van der Waals surface area contributed by atoms with Crippen molar-refractivity contribution in [2.45, 2.75) is 13.5 Å². The van der Waals surface area contributed by atoms with Crippen LogP contribution in [-0.2, 0) is 6.54 Å². The van der Waals surface area contributed by atoms with Gasteiger partial charge in [-0.1, -0.05) is 11.3 Å². The van der Waals surface area contributed by atoms with E-state index in [0.717, 1.165) is 17.0 Å². The quantitative estimate of drug-likeness (QED) is 0.712.